The van der Waals surface area contributed by atoms with Crippen molar-refractivity contribution in [2.45, 2.75) is 19.4 Å². The molecular weight excluding hydrogens is 424 g/mol. The number of carbonyl (C=O) groups is 2. The maximum Gasteiger partial charge on any atom is 0.295 e. The first-order valence-corrected chi connectivity index (χ1v) is 10.9. The SMILES string of the molecule is CCCN1C(=O)C(=O)/C(=C(/O)c2ccc3c(c2)N(C)CCO3)C1c1cccc(OC)c1OC. The molecule has 1 amide bonds. The predicted octanol–water partition coefficient (Wildman–Crippen LogP) is 3.36. The Morgan fingerprint density at radius 1 is 1.18 bits per heavy atom. The molecule has 1 unspecified atom stereocenters. The second kappa shape index (κ2) is 9.05. The van der Waals surface area contributed by atoms with E-state index in [1.165, 1.54) is 19.1 Å². The average Bonchev–Trinajstić information content (AvgIpc) is 3.08. The Balaban J connectivity index is 1.92. The number of para-hydroxylation sites is 1. The van der Waals surface area contributed by atoms with Gasteiger partial charge in [0.2, 0.25) is 0 Å². The Morgan fingerprint density at radius 3 is 2.67 bits per heavy atom. The summed E-state index contributed by atoms with van der Waals surface area (Å²) in [5.41, 5.74) is 1.85. The molecule has 0 spiro atoms. The number of benzene rings is 2. The standard InChI is InChI=1S/C25H28N2O6/c1-5-11-27-21(16-7-6-8-19(31-3)24(16)32-4)20(23(29)25(27)30)22(28)15-9-10-18-17(14-15)26(2)12-13-33-18/h6-10,14,21,28H,5,11-13H2,1-4H3/b22-20+. The van der Waals surface area contributed by atoms with E-state index in [2.05, 4.69) is 0 Å². The van der Waals surface area contributed by atoms with Gasteiger partial charge in [-0.25, -0.2) is 0 Å². The molecule has 8 nitrogen and oxygen atoms in total. The van der Waals surface area contributed by atoms with Crippen LogP contribution in [0.2, 0.25) is 0 Å². The van der Waals surface area contributed by atoms with Crippen LogP contribution in [0.5, 0.6) is 17.2 Å². The molecule has 2 aromatic rings. The van der Waals surface area contributed by atoms with E-state index in [9.17, 15) is 14.7 Å². The molecule has 0 aliphatic carbocycles. The van der Waals surface area contributed by atoms with Gasteiger partial charge in [0.1, 0.15) is 18.1 Å². The molecule has 33 heavy (non-hydrogen) atoms. The molecule has 1 fully saturated rings. The summed E-state index contributed by atoms with van der Waals surface area (Å²) in [4.78, 5) is 29.7. The highest BCUT2D eigenvalue weighted by Gasteiger charge is 2.47. The Morgan fingerprint density at radius 2 is 1.97 bits per heavy atom. The third kappa shape index (κ3) is 3.75. The van der Waals surface area contributed by atoms with Crippen LogP contribution in [0.1, 0.15) is 30.5 Å². The second-order valence-corrected chi connectivity index (χ2v) is 8.03. The summed E-state index contributed by atoms with van der Waals surface area (Å²) in [6.45, 7) is 3.57. The smallest absolute Gasteiger partial charge is 0.295 e. The molecule has 1 atom stereocenters. The average molecular weight is 453 g/mol. The molecule has 0 saturated carbocycles. The highest BCUT2D eigenvalue weighted by Crippen LogP contribution is 2.46. The maximum atomic E-state index is 13.2. The summed E-state index contributed by atoms with van der Waals surface area (Å²) in [6, 6.07) is 9.73. The van der Waals surface area contributed by atoms with Crippen LogP contribution in [0.3, 0.4) is 0 Å². The van der Waals surface area contributed by atoms with E-state index in [0.29, 0.717) is 54.5 Å². The van der Waals surface area contributed by atoms with Crippen molar-refractivity contribution in [2.24, 2.45) is 0 Å². The summed E-state index contributed by atoms with van der Waals surface area (Å²) >= 11 is 0. The Hall–Kier alpha value is -3.68. The number of amides is 1. The van der Waals surface area contributed by atoms with Gasteiger partial charge < -0.3 is 29.1 Å². The van der Waals surface area contributed by atoms with E-state index in [1.54, 1.807) is 36.4 Å². The van der Waals surface area contributed by atoms with Crippen molar-refractivity contribution in [2.75, 3.05) is 45.9 Å². The van der Waals surface area contributed by atoms with Gasteiger partial charge in [0.15, 0.2) is 11.5 Å². The van der Waals surface area contributed by atoms with Crippen molar-refractivity contribution in [3.63, 3.8) is 0 Å². The minimum absolute atomic E-state index is 0.0272. The van der Waals surface area contributed by atoms with Gasteiger partial charge in [-0.15, -0.1) is 0 Å². The first kappa shape index (κ1) is 22.5. The van der Waals surface area contributed by atoms with Gasteiger partial charge in [-0.1, -0.05) is 19.1 Å². The minimum atomic E-state index is -0.806. The largest absolute Gasteiger partial charge is 0.507 e. The topological polar surface area (TPSA) is 88.5 Å². The van der Waals surface area contributed by atoms with Crippen LogP contribution >= 0.6 is 0 Å². The summed E-state index contributed by atoms with van der Waals surface area (Å²) in [6.07, 6.45) is 0.650. The van der Waals surface area contributed by atoms with E-state index in [1.807, 2.05) is 18.9 Å². The highest BCUT2D eigenvalue weighted by atomic mass is 16.5. The lowest BCUT2D eigenvalue weighted by molar-refractivity contribution is -0.139. The number of methoxy groups -OCH3 is 2. The molecule has 174 valence electrons. The number of aliphatic hydroxyl groups excluding tert-OH is 1. The van der Waals surface area contributed by atoms with E-state index < -0.39 is 17.7 Å². The molecule has 0 bridgehead atoms. The second-order valence-electron chi connectivity index (χ2n) is 8.03. The number of anilines is 1. The first-order valence-electron chi connectivity index (χ1n) is 10.9. The first-order chi connectivity index (χ1) is 15.9. The maximum absolute atomic E-state index is 13.2. The number of carbonyl (C=O) groups excluding carboxylic acids is 2. The third-order valence-corrected chi connectivity index (χ3v) is 6.06. The minimum Gasteiger partial charge on any atom is -0.507 e. The lowest BCUT2D eigenvalue weighted by atomic mass is 9.94. The van der Waals surface area contributed by atoms with Gasteiger partial charge >= 0.3 is 0 Å². The van der Waals surface area contributed by atoms with Gasteiger partial charge in [0.25, 0.3) is 11.7 Å². The van der Waals surface area contributed by atoms with Crippen molar-refractivity contribution in [3.05, 3.63) is 53.1 Å². The van der Waals surface area contributed by atoms with E-state index in [-0.39, 0.29) is 11.3 Å². The Kier molecular flexibility index (Phi) is 6.18. The monoisotopic (exact) mass is 452 g/mol. The van der Waals surface area contributed by atoms with Crippen molar-refractivity contribution < 1.29 is 28.9 Å². The fourth-order valence-electron chi connectivity index (χ4n) is 4.46. The Bertz CT molecular complexity index is 1130. The normalized spacial score (nSPS) is 19.3. The van der Waals surface area contributed by atoms with E-state index in [0.717, 1.165) is 5.69 Å². The Labute approximate surface area is 193 Å². The number of hydrogen-bond donors (Lipinski definition) is 1. The highest BCUT2D eigenvalue weighted by molar-refractivity contribution is 6.46. The number of Topliss-reactive ketones (excluding diaryl/α,β-unsaturated/α-hetero) is 1. The van der Waals surface area contributed by atoms with Crippen LogP contribution in [0.25, 0.3) is 5.76 Å². The number of ketones is 1. The quantitative estimate of drug-likeness (QED) is 0.408. The zero-order valence-electron chi connectivity index (χ0n) is 19.3. The lowest BCUT2D eigenvalue weighted by Gasteiger charge is -2.28. The zero-order valence-corrected chi connectivity index (χ0v) is 19.3. The van der Waals surface area contributed by atoms with Crippen LogP contribution < -0.4 is 19.1 Å². The van der Waals surface area contributed by atoms with Crippen LogP contribution in [-0.4, -0.2) is 62.7 Å². The number of likely N-dealkylation sites (N-methyl/N-ethyl adjacent to an activating group) is 1. The van der Waals surface area contributed by atoms with Crippen molar-refractivity contribution in [1.29, 1.82) is 0 Å². The molecule has 2 heterocycles. The zero-order chi connectivity index (χ0) is 23.7. The third-order valence-electron chi connectivity index (χ3n) is 6.06. The van der Waals surface area contributed by atoms with Gasteiger partial charge in [0.05, 0.1) is 38.1 Å². The number of hydrogen-bond acceptors (Lipinski definition) is 7. The number of nitrogens with zero attached hydrogens (tertiary/aromatic N) is 2. The molecule has 0 radical (unpaired) electrons. The number of rotatable bonds is 6. The molecule has 1 N–H and O–H groups in total. The van der Waals surface area contributed by atoms with Crippen molar-refractivity contribution in [3.8, 4) is 17.2 Å². The van der Waals surface area contributed by atoms with Crippen LogP contribution in [0, 0.1) is 0 Å². The number of fused-ring (bicyclic) bond motifs is 1. The van der Waals surface area contributed by atoms with Crippen molar-refractivity contribution >= 4 is 23.1 Å². The van der Waals surface area contributed by atoms with E-state index in [4.69, 9.17) is 14.2 Å². The van der Waals surface area contributed by atoms with Crippen molar-refractivity contribution in [1.82, 2.24) is 4.90 Å². The molecule has 4 rings (SSSR count). The summed E-state index contributed by atoms with van der Waals surface area (Å²) in [5, 5.41) is 11.4. The number of likely N-dealkylation sites (tertiary alicyclic amines) is 1. The summed E-state index contributed by atoms with van der Waals surface area (Å²) in [7, 11) is 4.97. The van der Waals surface area contributed by atoms with Gasteiger partial charge in [-0.3, -0.25) is 9.59 Å². The van der Waals surface area contributed by atoms with Gasteiger partial charge in [-0.2, -0.15) is 0 Å². The van der Waals surface area contributed by atoms with Crippen LogP contribution in [0.15, 0.2) is 42.0 Å². The predicted molar refractivity (Wildman–Crippen MR) is 124 cm³/mol. The molecule has 1 saturated heterocycles. The lowest BCUT2D eigenvalue weighted by Crippen LogP contribution is -2.30. The van der Waals surface area contributed by atoms with Gasteiger partial charge in [0, 0.05) is 24.7 Å². The molecular formula is C25H28N2O6. The fraction of sp³-hybridized carbons (Fsp3) is 0.360. The van der Waals surface area contributed by atoms with Gasteiger partial charge in [-0.05, 0) is 30.7 Å². The number of aliphatic hydroxyl groups is 1. The van der Waals surface area contributed by atoms with Crippen LogP contribution in [0.4, 0.5) is 5.69 Å². The fourth-order valence-corrected chi connectivity index (χ4v) is 4.46. The number of ether oxygens (including phenoxy) is 3. The van der Waals surface area contributed by atoms with Crippen LogP contribution in [-0.2, 0) is 9.59 Å². The molecule has 2 aliphatic rings. The molecule has 0 aromatic heterocycles. The van der Waals surface area contributed by atoms with E-state index >= 15 is 0 Å². The molecule has 2 aromatic carbocycles. The molecule has 8 heteroatoms. The summed E-state index contributed by atoms with van der Waals surface area (Å²) in [5.74, 6) is -0.00620. The molecule has 2 aliphatic heterocycles. The summed E-state index contributed by atoms with van der Waals surface area (Å²) < 4.78 is 16.7.